The summed E-state index contributed by atoms with van der Waals surface area (Å²) >= 11 is 6.74. The topological polar surface area (TPSA) is 78.2 Å². The number of benzene rings is 1. The Labute approximate surface area is 215 Å². The van der Waals surface area contributed by atoms with Gasteiger partial charge in [-0.2, -0.15) is 0 Å². The van der Waals surface area contributed by atoms with Gasteiger partial charge in [0.15, 0.2) is 0 Å². The average molecular weight is 517 g/mol. The van der Waals surface area contributed by atoms with Crippen LogP contribution < -0.4 is 10.5 Å². The number of β-amino-alcohol motifs (C(OH)–C–C–N with tert-alkyl or cyclic N) is 1. The number of aryl methyl sites for hydroxylation is 1. The van der Waals surface area contributed by atoms with Crippen LogP contribution in [0.15, 0.2) is 34.0 Å². The molecule has 35 heavy (non-hydrogen) atoms. The standard InChI is InChI=1S/C25H32N4O4S2/c1-3-33-16-6-9-29-24(32)21(35-25(29)34)17-19-22(28-12-10-27(11-13-28)14-15-30)18-7-4-5-8-20(18)26(2)23(19)31/h4-5,7-8,17,30H,3,6,9-16H2,1-2H3. The third-order valence-corrected chi connectivity index (χ3v) is 7.82. The summed E-state index contributed by atoms with van der Waals surface area (Å²) in [7, 11) is 1.77. The van der Waals surface area contributed by atoms with Crippen molar-refractivity contribution in [1.82, 2.24) is 14.4 Å². The summed E-state index contributed by atoms with van der Waals surface area (Å²) < 4.78 is 7.55. The fourth-order valence-electron chi connectivity index (χ4n) is 4.60. The van der Waals surface area contributed by atoms with E-state index in [1.807, 2.05) is 31.2 Å². The molecule has 2 aliphatic rings. The maximum absolute atomic E-state index is 13.6. The van der Waals surface area contributed by atoms with Gasteiger partial charge in [0.2, 0.25) is 0 Å². The number of piperazine rings is 1. The highest BCUT2D eigenvalue weighted by Gasteiger charge is 2.33. The van der Waals surface area contributed by atoms with Crippen molar-refractivity contribution >= 4 is 56.9 Å². The normalized spacial score (nSPS) is 18.4. The molecule has 2 aromatic rings. The molecule has 0 atom stereocenters. The minimum atomic E-state index is -0.162. The molecule has 8 nitrogen and oxygen atoms in total. The molecule has 3 heterocycles. The molecule has 1 aromatic heterocycles. The Morgan fingerprint density at radius 2 is 1.89 bits per heavy atom. The van der Waals surface area contributed by atoms with E-state index in [-0.39, 0.29) is 18.1 Å². The van der Waals surface area contributed by atoms with Gasteiger partial charge in [0.1, 0.15) is 4.32 Å². The van der Waals surface area contributed by atoms with E-state index < -0.39 is 0 Å². The number of pyridine rings is 1. The number of carbonyl (C=O) groups is 1. The molecule has 4 rings (SSSR count). The van der Waals surface area contributed by atoms with Crippen LogP contribution in [-0.2, 0) is 16.6 Å². The maximum Gasteiger partial charge on any atom is 0.266 e. The van der Waals surface area contributed by atoms with Gasteiger partial charge in [0, 0.05) is 64.9 Å². The number of carbonyl (C=O) groups excluding carboxylic acids is 1. The Bertz CT molecular complexity index is 1190. The number of thiocarbonyl (C=S) groups is 1. The number of amides is 1. The van der Waals surface area contributed by atoms with Crippen LogP contribution in [0.25, 0.3) is 17.0 Å². The average Bonchev–Trinajstić information content (AvgIpc) is 3.13. The maximum atomic E-state index is 13.6. The van der Waals surface area contributed by atoms with Crippen LogP contribution in [0.2, 0.25) is 0 Å². The molecule has 0 aliphatic carbocycles. The van der Waals surface area contributed by atoms with E-state index in [0.29, 0.717) is 47.5 Å². The number of para-hydroxylation sites is 1. The Morgan fingerprint density at radius 1 is 1.14 bits per heavy atom. The molecule has 0 saturated carbocycles. The number of ether oxygens (including phenoxy) is 1. The van der Waals surface area contributed by atoms with E-state index in [0.717, 1.165) is 42.8 Å². The highest BCUT2D eigenvalue weighted by atomic mass is 32.2. The Balaban J connectivity index is 1.72. The Morgan fingerprint density at radius 3 is 2.60 bits per heavy atom. The lowest BCUT2D eigenvalue weighted by atomic mass is 10.1. The number of nitrogens with zero attached hydrogens (tertiary/aromatic N) is 4. The van der Waals surface area contributed by atoms with Crippen molar-refractivity contribution in [1.29, 1.82) is 0 Å². The van der Waals surface area contributed by atoms with Gasteiger partial charge in [-0.25, -0.2) is 0 Å². The Kier molecular flexibility index (Phi) is 8.61. The van der Waals surface area contributed by atoms with E-state index in [2.05, 4.69) is 9.80 Å². The molecular formula is C25H32N4O4S2. The third-order valence-electron chi connectivity index (χ3n) is 6.44. The first kappa shape index (κ1) is 25.8. The highest BCUT2D eigenvalue weighted by molar-refractivity contribution is 8.26. The molecule has 0 unspecified atom stereocenters. The number of rotatable bonds is 9. The number of hydrogen-bond donors (Lipinski definition) is 1. The number of anilines is 1. The van der Waals surface area contributed by atoms with Crippen molar-refractivity contribution in [3.8, 4) is 0 Å². The monoisotopic (exact) mass is 516 g/mol. The first-order valence-electron chi connectivity index (χ1n) is 12.0. The predicted molar refractivity (Wildman–Crippen MR) is 146 cm³/mol. The summed E-state index contributed by atoms with van der Waals surface area (Å²) in [6, 6.07) is 7.88. The van der Waals surface area contributed by atoms with Crippen LogP contribution in [0.1, 0.15) is 18.9 Å². The van der Waals surface area contributed by atoms with Crippen LogP contribution in [0.3, 0.4) is 0 Å². The van der Waals surface area contributed by atoms with Crippen molar-refractivity contribution in [2.24, 2.45) is 7.05 Å². The lowest BCUT2D eigenvalue weighted by Crippen LogP contribution is -2.48. The molecule has 10 heteroatoms. The molecule has 2 aliphatic heterocycles. The van der Waals surface area contributed by atoms with Gasteiger partial charge in [-0.05, 0) is 25.5 Å². The van der Waals surface area contributed by atoms with Crippen molar-refractivity contribution in [2.45, 2.75) is 13.3 Å². The third kappa shape index (κ3) is 5.46. The molecule has 2 saturated heterocycles. The van der Waals surface area contributed by atoms with Gasteiger partial charge in [-0.3, -0.25) is 19.4 Å². The largest absolute Gasteiger partial charge is 0.395 e. The summed E-state index contributed by atoms with van der Waals surface area (Å²) in [5.74, 6) is -0.162. The lowest BCUT2D eigenvalue weighted by Gasteiger charge is -2.37. The van der Waals surface area contributed by atoms with Gasteiger partial charge in [-0.1, -0.05) is 42.2 Å². The molecule has 1 amide bonds. The fraction of sp³-hybridized carbons (Fsp3) is 0.480. The van der Waals surface area contributed by atoms with Crippen molar-refractivity contribution in [3.05, 3.63) is 45.1 Å². The quantitative estimate of drug-likeness (QED) is 0.309. The number of aliphatic hydroxyl groups excluding tert-OH is 1. The molecule has 0 spiro atoms. The zero-order valence-corrected chi connectivity index (χ0v) is 21.9. The van der Waals surface area contributed by atoms with Crippen molar-refractivity contribution in [3.63, 3.8) is 0 Å². The van der Waals surface area contributed by atoms with E-state index >= 15 is 0 Å². The highest BCUT2D eigenvalue weighted by Crippen LogP contribution is 2.36. The van der Waals surface area contributed by atoms with Crippen LogP contribution in [0.5, 0.6) is 0 Å². The van der Waals surface area contributed by atoms with Gasteiger partial charge >= 0.3 is 0 Å². The smallest absolute Gasteiger partial charge is 0.266 e. The zero-order valence-electron chi connectivity index (χ0n) is 20.2. The molecule has 2 fully saturated rings. The van der Waals surface area contributed by atoms with E-state index in [4.69, 9.17) is 17.0 Å². The predicted octanol–water partition coefficient (Wildman–Crippen LogP) is 2.28. The molecule has 0 bridgehead atoms. The summed E-state index contributed by atoms with van der Waals surface area (Å²) in [4.78, 5) is 33.3. The zero-order chi connectivity index (χ0) is 24.9. The van der Waals surface area contributed by atoms with Crippen molar-refractivity contribution in [2.75, 3.05) is 64.0 Å². The first-order chi connectivity index (χ1) is 17.0. The minimum Gasteiger partial charge on any atom is -0.395 e. The van der Waals surface area contributed by atoms with E-state index in [1.54, 1.807) is 22.6 Å². The van der Waals surface area contributed by atoms with Gasteiger partial charge < -0.3 is 19.3 Å². The van der Waals surface area contributed by atoms with Crippen LogP contribution in [0, 0.1) is 0 Å². The van der Waals surface area contributed by atoms with Gasteiger partial charge in [0.05, 0.1) is 28.3 Å². The number of aromatic nitrogens is 1. The number of thioether (sulfide) groups is 1. The number of fused-ring (bicyclic) bond motifs is 1. The second-order valence-corrected chi connectivity index (χ2v) is 10.3. The van der Waals surface area contributed by atoms with Crippen LogP contribution in [0.4, 0.5) is 5.69 Å². The van der Waals surface area contributed by atoms with Crippen LogP contribution >= 0.6 is 24.0 Å². The SMILES string of the molecule is CCOCCCN1C(=O)C(=Cc2c(N3CCN(CCO)CC3)c3ccccc3n(C)c2=O)SC1=S. The van der Waals surface area contributed by atoms with E-state index in [9.17, 15) is 14.7 Å². The fourth-order valence-corrected chi connectivity index (χ4v) is 5.89. The van der Waals surface area contributed by atoms with Crippen LogP contribution in [-0.4, -0.2) is 88.8 Å². The molecule has 1 aromatic carbocycles. The summed E-state index contributed by atoms with van der Waals surface area (Å²) in [6.07, 6.45) is 2.43. The molecule has 0 radical (unpaired) electrons. The van der Waals surface area contributed by atoms with Crippen molar-refractivity contribution < 1.29 is 14.6 Å². The second-order valence-electron chi connectivity index (χ2n) is 8.58. The summed E-state index contributed by atoms with van der Waals surface area (Å²) in [6.45, 7) is 7.48. The number of hydrogen-bond acceptors (Lipinski definition) is 8. The minimum absolute atomic E-state index is 0.131. The molecule has 188 valence electrons. The number of aliphatic hydroxyl groups is 1. The Hall–Kier alpha value is -2.24. The second kappa shape index (κ2) is 11.7. The molecule has 1 N–H and O–H groups in total. The summed E-state index contributed by atoms with van der Waals surface area (Å²) in [5.41, 5.74) is 2.08. The van der Waals surface area contributed by atoms with Gasteiger partial charge in [-0.15, -0.1) is 0 Å². The first-order valence-corrected chi connectivity index (χ1v) is 13.2. The van der Waals surface area contributed by atoms with E-state index in [1.165, 1.54) is 11.8 Å². The summed E-state index contributed by atoms with van der Waals surface area (Å²) in [5, 5.41) is 10.3. The lowest BCUT2D eigenvalue weighted by molar-refractivity contribution is -0.122. The van der Waals surface area contributed by atoms with Gasteiger partial charge in [0.25, 0.3) is 11.5 Å². The molecular weight excluding hydrogens is 484 g/mol.